The van der Waals surface area contributed by atoms with E-state index in [4.69, 9.17) is 21.3 Å². The van der Waals surface area contributed by atoms with E-state index in [2.05, 4.69) is 20.5 Å². The first kappa shape index (κ1) is 23.4. The Morgan fingerprint density at radius 1 is 1.09 bits per heavy atom. The minimum Gasteiger partial charge on any atom is -0.495 e. The van der Waals surface area contributed by atoms with Gasteiger partial charge in [0.05, 0.1) is 12.1 Å². The number of aromatic nitrogens is 2. The molecule has 0 radical (unpaired) electrons. The third-order valence-corrected chi connectivity index (χ3v) is 7.26. The van der Waals surface area contributed by atoms with Crippen LogP contribution in [-0.2, 0) is 13.1 Å². The fourth-order valence-electron chi connectivity index (χ4n) is 5.00. The highest BCUT2D eigenvalue weighted by Gasteiger charge is 2.35. The first-order valence-corrected chi connectivity index (χ1v) is 12.5. The van der Waals surface area contributed by atoms with E-state index < -0.39 is 0 Å². The largest absolute Gasteiger partial charge is 0.495 e. The standard InChI is InChI=1S/C27H30ClN5O2/c1-35-24-12-9-20(13-23(24)28)15-29-25-22(26(34)30-14-18-5-3-2-4-6-18)16-31-27(32-25)33-17-19-7-10-21(33)11-8-19/h2-6,9,12-13,16,19,21H,7-8,10-11,14-15,17H2,1H3,(H,30,34)(H,29,31,32). The lowest BCUT2D eigenvalue weighted by molar-refractivity contribution is 0.0951. The number of piperidine rings is 2. The molecule has 2 saturated heterocycles. The van der Waals surface area contributed by atoms with Gasteiger partial charge in [-0.15, -0.1) is 0 Å². The molecule has 0 atom stereocenters. The van der Waals surface area contributed by atoms with Gasteiger partial charge in [-0.05, 0) is 54.9 Å². The molecule has 7 nitrogen and oxygen atoms in total. The summed E-state index contributed by atoms with van der Waals surface area (Å²) in [6.07, 6.45) is 6.57. The zero-order valence-electron chi connectivity index (χ0n) is 19.8. The van der Waals surface area contributed by atoms with Gasteiger partial charge in [0.1, 0.15) is 17.1 Å². The van der Waals surface area contributed by atoms with Gasteiger partial charge in [0, 0.05) is 31.9 Å². The molecule has 2 N–H and O–H groups in total. The second-order valence-corrected chi connectivity index (χ2v) is 9.66. The minimum absolute atomic E-state index is 0.212. The number of nitrogens with zero attached hydrogens (tertiary/aromatic N) is 3. The summed E-state index contributed by atoms with van der Waals surface area (Å²) in [4.78, 5) is 24.9. The van der Waals surface area contributed by atoms with Gasteiger partial charge in [-0.2, -0.15) is 4.98 Å². The Morgan fingerprint density at radius 3 is 2.57 bits per heavy atom. The van der Waals surface area contributed by atoms with Crippen molar-refractivity contribution in [2.75, 3.05) is 23.9 Å². The molecule has 6 rings (SSSR count). The van der Waals surface area contributed by atoms with Crippen LogP contribution < -0.4 is 20.3 Å². The number of benzene rings is 2. The molecule has 1 amide bonds. The lowest BCUT2D eigenvalue weighted by atomic mass is 9.80. The smallest absolute Gasteiger partial charge is 0.256 e. The van der Waals surface area contributed by atoms with Crippen molar-refractivity contribution in [1.29, 1.82) is 0 Å². The predicted octanol–water partition coefficient (Wildman–Crippen LogP) is 5.06. The number of fused-ring (bicyclic) bond motifs is 3. The van der Waals surface area contributed by atoms with Crippen LogP contribution in [0, 0.1) is 5.92 Å². The van der Waals surface area contributed by atoms with Crippen molar-refractivity contribution in [2.24, 2.45) is 5.92 Å². The summed E-state index contributed by atoms with van der Waals surface area (Å²) in [6, 6.07) is 16.0. The number of methoxy groups -OCH3 is 1. The molecule has 0 spiro atoms. The number of hydrogen-bond acceptors (Lipinski definition) is 6. The number of rotatable bonds is 8. The highest BCUT2D eigenvalue weighted by molar-refractivity contribution is 6.32. The second kappa shape index (κ2) is 10.5. The number of ether oxygens (including phenoxy) is 1. The van der Waals surface area contributed by atoms with Crippen molar-refractivity contribution in [3.05, 3.63) is 76.4 Å². The van der Waals surface area contributed by atoms with E-state index in [0.717, 1.165) is 17.7 Å². The Bertz CT molecular complexity index is 1180. The monoisotopic (exact) mass is 491 g/mol. The number of carbonyl (C=O) groups excluding carboxylic acids is 1. The first-order chi connectivity index (χ1) is 17.1. The van der Waals surface area contributed by atoms with Crippen LogP contribution in [0.1, 0.15) is 47.2 Å². The van der Waals surface area contributed by atoms with Crippen LogP contribution in [0.4, 0.5) is 11.8 Å². The van der Waals surface area contributed by atoms with Gasteiger partial charge in [0.2, 0.25) is 5.95 Å². The van der Waals surface area contributed by atoms with Gasteiger partial charge < -0.3 is 20.3 Å². The average Bonchev–Trinajstić information content (AvgIpc) is 2.91. The first-order valence-electron chi connectivity index (χ1n) is 12.1. The van der Waals surface area contributed by atoms with Crippen LogP contribution in [-0.4, -0.2) is 35.6 Å². The summed E-state index contributed by atoms with van der Waals surface area (Å²) < 4.78 is 5.25. The van der Waals surface area contributed by atoms with Crippen molar-refractivity contribution in [2.45, 2.75) is 44.8 Å². The molecule has 1 saturated carbocycles. The maximum atomic E-state index is 13.1. The molecule has 0 unspecified atom stereocenters. The van der Waals surface area contributed by atoms with Crippen LogP contribution >= 0.6 is 11.6 Å². The van der Waals surface area contributed by atoms with Crippen molar-refractivity contribution in [3.63, 3.8) is 0 Å². The normalized spacial score (nSPS) is 18.9. The van der Waals surface area contributed by atoms with E-state index in [0.29, 0.717) is 53.2 Å². The number of amides is 1. The van der Waals surface area contributed by atoms with Crippen molar-refractivity contribution in [3.8, 4) is 5.75 Å². The second-order valence-electron chi connectivity index (χ2n) is 9.25. The quantitative estimate of drug-likeness (QED) is 0.458. The third-order valence-electron chi connectivity index (χ3n) is 6.96. The summed E-state index contributed by atoms with van der Waals surface area (Å²) in [7, 11) is 1.59. The Balaban J connectivity index is 1.38. The molecule has 3 fully saturated rings. The van der Waals surface area contributed by atoms with Crippen LogP contribution in [0.15, 0.2) is 54.7 Å². The maximum absolute atomic E-state index is 13.1. The fraction of sp³-hybridized carbons (Fsp3) is 0.370. The fourth-order valence-corrected chi connectivity index (χ4v) is 5.28. The predicted molar refractivity (Wildman–Crippen MR) is 138 cm³/mol. The molecule has 2 bridgehead atoms. The number of halogens is 1. The summed E-state index contributed by atoms with van der Waals surface area (Å²) in [6.45, 7) is 1.88. The van der Waals surface area contributed by atoms with Crippen molar-refractivity contribution < 1.29 is 9.53 Å². The SMILES string of the molecule is COc1ccc(CNc2nc(N3CC4CCC3CC4)ncc2C(=O)NCc2ccccc2)cc1Cl. The highest BCUT2D eigenvalue weighted by Crippen LogP contribution is 2.37. The minimum atomic E-state index is -0.212. The zero-order valence-corrected chi connectivity index (χ0v) is 20.6. The molecule has 8 heteroatoms. The zero-order chi connectivity index (χ0) is 24.2. The topological polar surface area (TPSA) is 79.4 Å². The summed E-state index contributed by atoms with van der Waals surface area (Å²) in [5.74, 6) is 2.33. The van der Waals surface area contributed by atoms with Gasteiger partial charge in [-0.3, -0.25) is 4.79 Å². The van der Waals surface area contributed by atoms with Gasteiger partial charge in [0.15, 0.2) is 0 Å². The molecule has 1 aliphatic carbocycles. The number of nitrogens with one attached hydrogen (secondary N) is 2. The van der Waals surface area contributed by atoms with Crippen LogP contribution in [0.25, 0.3) is 0 Å². The van der Waals surface area contributed by atoms with Gasteiger partial charge >= 0.3 is 0 Å². The van der Waals surface area contributed by atoms with Crippen LogP contribution in [0.3, 0.4) is 0 Å². The molecule has 35 heavy (non-hydrogen) atoms. The summed E-state index contributed by atoms with van der Waals surface area (Å²) in [5, 5.41) is 6.89. The molecule has 2 aromatic carbocycles. The van der Waals surface area contributed by atoms with Crippen molar-refractivity contribution >= 4 is 29.3 Å². The van der Waals surface area contributed by atoms with E-state index >= 15 is 0 Å². The lowest BCUT2D eigenvalue weighted by Crippen LogP contribution is -2.49. The maximum Gasteiger partial charge on any atom is 0.256 e. The molecule has 3 aliphatic rings. The summed E-state index contributed by atoms with van der Waals surface area (Å²) >= 11 is 6.31. The molecule has 2 aliphatic heterocycles. The molecule has 182 valence electrons. The van der Waals surface area contributed by atoms with E-state index in [1.807, 2.05) is 48.5 Å². The van der Waals surface area contributed by atoms with E-state index in [-0.39, 0.29) is 5.91 Å². The summed E-state index contributed by atoms with van der Waals surface area (Å²) in [5.41, 5.74) is 2.42. The Kier molecular flexibility index (Phi) is 7.04. The number of hydrogen-bond donors (Lipinski definition) is 2. The molecule has 1 aromatic heterocycles. The van der Waals surface area contributed by atoms with Gasteiger partial charge in [-0.1, -0.05) is 48.0 Å². The number of carbonyl (C=O) groups is 1. The van der Waals surface area contributed by atoms with E-state index in [1.165, 1.54) is 25.7 Å². The lowest BCUT2D eigenvalue weighted by Gasteiger charge is -2.45. The Morgan fingerprint density at radius 2 is 1.89 bits per heavy atom. The highest BCUT2D eigenvalue weighted by atomic mass is 35.5. The van der Waals surface area contributed by atoms with Gasteiger partial charge in [-0.25, -0.2) is 4.98 Å². The Labute approximate surface area is 210 Å². The third kappa shape index (κ3) is 5.35. The van der Waals surface area contributed by atoms with E-state index in [1.54, 1.807) is 13.3 Å². The molecular weight excluding hydrogens is 462 g/mol. The van der Waals surface area contributed by atoms with Crippen LogP contribution in [0.5, 0.6) is 5.75 Å². The number of anilines is 2. The Hall–Kier alpha value is -3.32. The molecule has 3 heterocycles. The van der Waals surface area contributed by atoms with E-state index in [9.17, 15) is 4.79 Å². The van der Waals surface area contributed by atoms with Crippen LogP contribution in [0.2, 0.25) is 5.02 Å². The average molecular weight is 492 g/mol. The van der Waals surface area contributed by atoms with Crippen molar-refractivity contribution in [1.82, 2.24) is 15.3 Å². The molecular formula is C27H30ClN5O2. The molecule has 3 aromatic rings. The van der Waals surface area contributed by atoms with Gasteiger partial charge in [0.25, 0.3) is 5.91 Å².